The first-order valence-corrected chi connectivity index (χ1v) is 8.39. The van der Waals surface area contributed by atoms with Gasteiger partial charge in [0.05, 0.1) is 5.56 Å². The van der Waals surface area contributed by atoms with Crippen LogP contribution in [0.1, 0.15) is 22.8 Å². The maximum Gasteiger partial charge on any atom is 0.340 e. The zero-order valence-electron chi connectivity index (χ0n) is 13.2. The number of amides is 1. The summed E-state index contributed by atoms with van der Waals surface area (Å²) in [5, 5.41) is 0. The molecular weight excluding hydrogens is 372 g/mol. The summed E-state index contributed by atoms with van der Waals surface area (Å²) in [4.78, 5) is 26.4. The number of anilines is 2. The van der Waals surface area contributed by atoms with E-state index in [0.29, 0.717) is 5.69 Å². The quantitative estimate of drug-likeness (QED) is 0.647. The molecule has 1 amide bonds. The molecule has 1 unspecified atom stereocenters. The molecule has 0 spiro atoms. The van der Waals surface area contributed by atoms with Crippen LogP contribution < -0.4 is 10.6 Å². The van der Waals surface area contributed by atoms with E-state index in [9.17, 15) is 9.59 Å². The van der Waals surface area contributed by atoms with Crippen molar-refractivity contribution in [3.05, 3.63) is 58.1 Å². The first-order valence-electron chi connectivity index (χ1n) is 7.59. The molecule has 1 heterocycles. The molecule has 124 valence electrons. The molecule has 5 nitrogen and oxygen atoms in total. The predicted octanol–water partition coefficient (Wildman–Crippen LogP) is 3.17. The van der Waals surface area contributed by atoms with Gasteiger partial charge in [0.25, 0.3) is 5.91 Å². The molecule has 0 aliphatic carbocycles. The van der Waals surface area contributed by atoms with Crippen molar-refractivity contribution in [2.24, 2.45) is 0 Å². The highest BCUT2D eigenvalue weighted by Crippen LogP contribution is 2.31. The Labute approximate surface area is 148 Å². The second kappa shape index (κ2) is 6.65. The molecule has 3 rings (SSSR count). The maximum absolute atomic E-state index is 12.5. The van der Waals surface area contributed by atoms with E-state index in [1.165, 1.54) is 0 Å². The van der Waals surface area contributed by atoms with Crippen LogP contribution in [0.2, 0.25) is 0 Å². The van der Waals surface area contributed by atoms with Crippen LogP contribution in [0, 0.1) is 0 Å². The number of rotatable bonds is 3. The van der Waals surface area contributed by atoms with Gasteiger partial charge in [0.2, 0.25) is 0 Å². The predicted molar refractivity (Wildman–Crippen MR) is 95.9 cm³/mol. The van der Waals surface area contributed by atoms with Gasteiger partial charge < -0.3 is 15.4 Å². The van der Waals surface area contributed by atoms with E-state index in [-0.39, 0.29) is 24.1 Å². The van der Waals surface area contributed by atoms with E-state index in [4.69, 9.17) is 10.5 Å². The fourth-order valence-electron chi connectivity index (χ4n) is 2.93. The number of benzene rings is 2. The highest BCUT2D eigenvalue weighted by molar-refractivity contribution is 9.10. The summed E-state index contributed by atoms with van der Waals surface area (Å²) in [5.74, 6) is -0.850. The fraction of sp³-hybridized carbons (Fsp3) is 0.222. The van der Waals surface area contributed by atoms with Gasteiger partial charge in [-0.1, -0.05) is 34.1 Å². The first-order chi connectivity index (χ1) is 11.5. The monoisotopic (exact) mass is 388 g/mol. The Balaban J connectivity index is 1.70. The molecule has 1 aliphatic rings. The molecule has 0 saturated heterocycles. The molecule has 24 heavy (non-hydrogen) atoms. The Morgan fingerprint density at radius 3 is 2.83 bits per heavy atom. The van der Waals surface area contributed by atoms with E-state index >= 15 is 0 Å². The number of ether oxygens (including phenoxy) is 1. The summed E-state index contributed by atoms with van der Waals surface area (Å²) < 4.78 is 5.89. The molecule has 2 aromatic carbocycles. The van der Waals surface area contributed by atoms with Gasteiger partial charge in [-0.25, -0.2) is 4.79 Å². The lowest BCUT2D eigenvalue weighted by Crippen LogP contribution is -2.38. The third-order valence-electron chi connectivity index (χ3n) is 4.04. The summed E-state index contributed by atoms with van der Waals surface area (Å²) in [6.45, 7) is 1.66. The molecule has 0 bridgehead atoms. The van der Waals surface area contributed by atoms with E-state index in [1.54, 1.807) is 23.1 Å². The van der Waals surface area contributed by atoms with E-state index in [0.717, 1.165) is 22.1 Å². The molecule has 0 saturated carbocycles. The van der Waals surface area contributed by atoms with E-state index < -0.39 is 5.97 Å². The molecular formula is C18H17BrN2O3. The summed E-state index contributed by atoms with van der Waals surface area (Å²) in [6, 6.07) is 12.7. The number of nitrogens with two attached hydrogens (primary N) is 1. The summed E-state index contributed by atoms with van der Waals surface area (Å²) in [6.07, 6.45) is 0.800. The van der Waals surface area contributed by atoms with Crippen molar-refractivity contribution in [2.45, 2.75) is 19.4 Å². The van der Waals surface area contributed by atoms with E-state index in [2.05, 4.69) is 15.9 Å². The average molecular weight is 389 g/mol. The lowest BCUT2D eigenvalue weighted by molar-refractivity contribution is -0.122. The first kappa shape index (κ1) is 16.5. The summed E-state index contributed by atoms with van der Waals surface area (Å²) in [7, 11) is 0. The van der Waals surface area contributed by atoms with Crippen molar-refractivity contribution < 1.29 is 14.3 Å². The highest BCUT2D eigenvalue weighted by atomic mass is 79.9. The second-order valence-electron chi connectivity index (χ2n) is 5.75. The zero-order valence-corrected chi connectivity index (χ0v) is 14.7. The minimum Gasteiger partial charge on any atom is -0.452 e. The molecule has 0 fully saturated rings. The van der Waals surface area contributed by atoms with Gasteiger partial charge in [-0.3, -0.25) is 4.79 Å². The number of carbonyl (C=O) groups excluding carboxylic acids is 2. The van der Waals surface area contributed by atoms with Crippen LogP contribution in [0.25, 0.3) is 0 Å². The molecule has 0 aromatic heterocycles. The Morgan fingerprint density at radius 2 is 2.04 bits per heavy atom. The van der Waals surface area contributed by atoms with Gasteiger partial charge in [-0.2, -0.15) is 0 Å². The highest BCUT2D eigenvalue weighted by Gasteiger charge is 2.31. The topological polar surface area (TPSA) is 72.6 Å². The number of fused-ring (bicyclic) bond motifs is 1. The van der Waals surface area contributed by atoms with Crippen molar-refractivity contribution in [3.63, 3.8) is 0 Å². The van der Waals surface area contributed by atoms with Gasteiger partial charge in [-0.05, 0) is 43.2 Å². The Kier molecular flexibility index (Phi) is 4.57. The number of para-hydroxylation sites is 1. The van der Waals surface area contributed by atoms with Crippen molar-refractivity contribution >= 4 is 39.2 Å². The Bertz CT molecular complexity index is 807. The summed E-state index contributed by atoms with van der Waals surface area (Å²) in [5.41, 5.74) is 8.35. The fourth-order valence-corrected chi connectivity index (χ4v) is 3.29. The standard InChI is InChI=1S/C18H17BrN2O3/c1-11-8-12-4-2-3-5-16(12)21(11)17(22)10-24-18(23)14-9-13(19)6-7-15(14)20/h2-7,9,11H,8,10,20H2,1H3. The normalized spacial score (nSPS) is 15.9. The van der Waals surface area contributed by atoms with Crippen molar-refractivity contribution in [2.75, 3.05) is 17.2 Å². The van der Waals surface area contributed by atoms with Gasteiger partial charge in [0, 0.05) is 21.9 Å². The van der Waals surface area contributed by atoms with Crippen LogP contribution in [0.4, 0.5) is 11.4 Å². The number of hydrogen-bond acceptors (Lipinski definition) is 4. The van der Waals surface area contributed by atoms with E-state index in [1.807, 2.05) is 31.2 Å². The number of nitrogens with zero attached hydrogens (tertiary/aromatic N) is 1. The zero-order chi connectivity index (χ0) is 17.3. The van der Waals surface area contributed by atoms with Gasteiger partial charge in [0.15, 0.2) is 6.61 Å². The van der Waals surface area contributed by atoms with Gasteiger partial charge >= 0.3 is 5.97 Å². The van der Waals surface area contributed by atoms with Gasteiger partial charge in [-0.15, -0.1) is 0 Å². The third kappa shape index (κ3) is 3.14. The third-order valence-corrected chi connectivity index (χ3v) is 4.53. The van der Waals surface area contributed by atoms with Crippen molar-refractivity contribution in [1.82, 2.24) is 0 Å². The maximum atomic E-state index is 12.5. The molecule has 2 aromatic rings. The van der Waals surface area contributed by atoms with Crippen LogP contribution in [0.5, 0.6) is 0 Å². The number of carbonyl (C=O) groups is 2. The van der Waals surface area contributed by atoms with Crippen LogP contribution in [0.15, 0.2) is 46.9 Å². The summed E-state index contributed by atoms with van der Waals surface area (Å²) >= 11 is 3.29. The smallest absolute Gasteiger partial charge is 0.340 e. The molecule has 6 heteroatoms. The molecule has 1 aliphatic heterocycles. The molecule has 1 atom stereocenters. The Hall–Kier alpha value is -2.34. The average Bonchev–Trinajstić information content (AvgIpc) is 2.90. The Morgan fingerprint density at radius 1 is 1.29 bits per heavy atom. The lowest BCUT2D eigenvalue weighted by atomic mass is 10.1. The minimum atomic E-state index is -0.609. The SMILES string of the molecule is CC1Cc2ccccc2N1C(=O)COC(=O)c1cc(Br)ccc1N. The molecule has 2 N–H and O–H groups in total. The molecule has 0 radical (unpaired) electrons. The second-order valence-corrected chi connectivity index (χ2v) is 6.67. The minimum absolute atomic E-state index is 0.0459. The number of hydrogen-bond donors (Lipinski definition) is 1. The number of esters is 1. The lowest BCUT2D eigenvalue weighted by Gasteiger charge is -2.22. The largest absolute Gasteiger partial charge is 0.452 e. The number of nitrogen functional groups attached to an aromatic ring is 1. The van der Waals surface area contributed by atoms with Crippen LogP contribution in [-0.2, 0) is 16.0 Å². The van der Waals surface area contributed by atoms with Crippen LogP contribution >= 0.6 is 15.9 Å². The number of halogens is 1. The van der Waals surface area contributed by atoms with Crippen LogP contribution in [-0.4, -0.2) is 24.5 Å². The van der Waals surface area contributed by atoms with Crippen molar-refractivity contribution in [1.29, 1.82) is 0 Å². The van der Waals surface area contributed by atoms with Crippen LogP contribution in [0.3, 0.4) is 0 Å². The van der Waals surface area contributed by atoms with Crippen molar-refractivity contribution in [3.8, 4) is 0 Å². The van der Waals surface area contributed by atoms with Gasteiger partial charge in [0.1, 0.15) is 0 Å².